The Balaban J connectivity index is 1.46. The lowest BCUT2D eigenvalue weighted by atomic mass is 9.76. The van der Waals surface area contributed by atoms with Crippen LogP contribution in [0.15, 0.2) is 4.99 Å². The first-order valence-electron chi connectivity index (χ1n) is 9.72. The van der Waals surface area contributed by atoms with E-state index in [2.05, 4.69) is 23.6 Å². The standard InChI is InChI=1S/C19H35N3O/c1-15(2)21-10-12-22(13-11-21)19-9-6-17(14-20-19)16-4-7-18(23-3)8-5-16/h15-18H,4-14H2,1-3H3. The molecule has 1 saturated heterocycles. The van der Waals surface area contributed by atoms with E-state index in [-0.39, 0.29) is 0 Å². The Hall–Kier alpha value is -0.610. The van der Waals surface area contributed by atoms with Crippen LogP contribution in [0.25, 0.3) is 0 Å². The third-order valence-corrected chi connectivity index (χ3v) is 6.38. The van der Waals surface area contributed by atoms with E-state index in [1.807, 2.05) is 7.11 Å². The highest BCUT2D eigenvalue weighted by Crippen LogP contribution is 2.35. The van der Waals surface area contributed by atoms with E-state index in [0.717, 1.165) is 18.4 Å². The second-order valence-corrected chi connectivity index (χ2v) is 7.94. The van der Waals surface area contributed by atoms with Gasteiger partial charge in [-0.1, -0.05) is 0 Å². The maximum Gasteiger partial charge on any atom is 0.0990 e. The molecule has 0 aromatic carbocycles. The first-order chi connectivity index (χ1) is 11.2. The summed E-state index contributed by atoms with van der Waals surface area (Å²) in [6.45, 7) is 10.4. The van der Waals surface area contributed by atoms with Gasteiger partial charge in [0.25, 0.3) is 0 Å². The normalized spacial score (nSPS) is 33.8. The van der Waals surface area contributed by atoms with E-state index in [1.165, 1.54) is 70.5 Å². The maximum atomic E-state index is 5.51. The molecule has 1 aliphatic carbocycles. The molecule has 3 rings (SSSR count). The number of rotatable bonds is 3. The number of piperazine rings is 1. The van der Waals surface area contributed by atoms with E-state index in [4.69, 9.17) is 9.73 Å². The molecule has 0 amide bonds. The number of hydrogen-bond acceptors (Lipinski definition) is 4. The van der Waals surface area contributed by atoms with Gasteiger partial charge >= 0.3 is 0 Å². The largest absolute Gasteiger partial charge is 0.381 e. The van der Waals surface area contributed by atoms with Gasteiger partial charge in [-0.25, -0.2) is 0 Å². The highest BCUT2D eigenvalue weighted by molar-refractivity contribution is 5.83. The molecular weight excluding hydrogens is 286 g/mol. The van der Waals surface area contributed by atoms with E-state index in [9.17, 15) is 0 Å². The van der Waals surface area contributed by atoms with Crippen molar-refractivity contribution in [3.8, 4) is 0 Å². The van der Waals surface area contributed by atoms with E-state index >= 15 is 0 Å². The van der Waals surface area contributed by atoms with Crippen molar-refractivity contribution in [2.45, 2.75) is 64.5 Å². The van der Waals surface area contributed by atoms with Gasteiger partial charge in [-0.15, -0.1) is 0 Å². The predicted octanol–water partition coefficient (Wildman–Crippen LogP) is 3.03. The molecule has 2 fully saturated rings. The van der Waals surface area contributed by atoms with Gasteiger partial charge in [-0.3, -0.25) is 9.89 Å². The van der Waals surface area contributed by atoms with E-state index < -0.39 is 0 Å². The Morgan fingerprint density at radius 2 is 1.65 bits per heavy atom. The highest BCUT2D eigenvalue weighted by atomic mass is 16.5. The molecule has 1 saturated carbocycles. The number of nitrogens with zero attached hydrogens (tertiary/aromatic N) is 3. The Morgan fingerprint density at radius 3 is 2.17 bits per heavy atom. The lowest BCUT2D eigenvalue weighted by Crippen LogP contribution is -2.51. The van der Waals surface area contributed by atoms with Crippen molar-refractivity contribution in [3.05, 3.63) is 0 Å². The molecule has 0 aromatic heterocycles. The summed E-state index contributed by atoms with van der Waals surface area (Å²) in [5.74, 6) is 3.12. The van der Waals surface area contributed by atoms with Crippen molar-refractivity contribution in [1.82, 2.24) is 9.80 Å². The molecule has 1 unspecified atom stereocenters. The molecule has 2 aliphatic heterocycles. The van der Waals surface area contributed by atoms with Crippen LogP contribution in [-0.4, -0.2) is 67.6 Å². The van der Waals surface area contributed by atoms with Crippen molar-refractivity contribution in [3.63, 3.8) is 0 Å². The van der Waals surface area contributed by atoms with E-state index in [0.29, 0.717) is 12.1 Å². The zero-order valence-corrected chi connectivity index (χ0v) is 15.3. The number of ether oxygens (including phenoxy) is 1. The Bertz CT molecular complexity index is 393. The average Bonchev–Trinajstić information content (AvgIpc) is 2.62. The minimum absolute atomic E-state index is 0.520. The van der Waals surface area contributed by atoms with Crippen LogP contribution in [0.3, 0.4) is 0 Å². The van der Waals surface area contributed by atoms with Crippen LogP contribution in [0.2, 0.25) is 0 Å². The van der Waals surface area contributed by atoms with E-state index in [1.54, 1.807) is 0 Å². The lowest BCUT2D eigenvalue weighted by Gasteiger charge is -2.41. The van der Waals surface area contributed by atoms with Crippen molar-refractivity contribution >= 4 is 5.84 Å². The molecule has 0 N–H and O–H groups in total. The molecule has 4 nitrogen and oxygen atoms in total. The van der Waals surface area contributed by atoms with Crippen LogP contribution in [0, 0.1) is 11.8 Å². The summed E-state index contributed by atoms with van der Waals surface area (Å²) in [7, 11) is 1.86. The van der Waals surface area contributed by atoms with Crippen molar-refractivity contribution in [1.29, 1.82) is 0 Å². The maximum absolute atomic E-state index is 5.51. The highest BCUT2D eigenvalue weighted by Gasteiger charge is 2.30. The fraction of sp³-hybridized carbons (Fsp3) is 0.947. The van der Waals surface area contributed by atoms with Crippen molar-refractivity contribution in [2.24, 2.45) is 16.8 Å². The van der Waals surface area contributed by atoms with Crippen LogP contribution < -0.4 is 0 Å². The number of aliphatic imine (C=N–C) groups is 1. The Labute approximate surface area is 142 Å². The first kappa shape index (κ1) is 17.2. The fourth-order valence-corrected chi connectivity index (χ4v) is 4.64. The summed E-state index contributed by atoms with van der Waals surface area (Å²) in [6, 6.07) is 0.678. The molecule has 0 aromatic rings. The van der Waals surface area contributed by atoms with Crippen LogP contribution in [0.1, 0.15) is 52.4 Å². The van der Waals surface area contributed by atoms with Gasteiger partial charge in [0.15, 0.2) is 0 Å². The molecule has 23 heavy (non-hydrogen) atoms. The van der Waals surface area contributed by atoms with Crippen LogP contribution >= 0.6 is 0 Å². The monoisotopic (exact) mass is 321 g/mol. The van der Waals surface area contributed by atoms with Gasteiger partial charge in [0.1, 0.15) is 0 Å². The molecular formula is C19H35N3O. The van der Waals surface area contributed by atoms with Gasteiger partial charge in [-0.05, 0) is 57.8 Å². The minimum atomic E-state index is 0.520. The summed E-state index contributed by atoms with van der Waals surface area (Å²) in [4.78, 5) is 10.1. The Morgan fingerprint density at radius 1 is 0.957 bits per heavy atom. The third kappa shape index (κ3) is 4.27. The zero-order valence-electron chi connectivity index (χ0n) is 15.3. The molecule has 0 bridgehead atoms. The third-order valence-electron chi connectivity index (χ3n) is 6.38. The van der Waals surface area contributed by atoms with Gasteiger partial charge in [-0.2, -0.15) is 0 Å². The van der Waals surface area contributed by atoms with Gasteiger partial charge in [0, 0.05) is 52.3 Å². The summed E-state index contributed by atoms with van der Waals surface area (Å²) in [5.41, 5.74) is 0. The number of methoxy groups -OCH3 is 1. The predicted molar refractivity (Wildman–Crippen MR) is 96.1 cm³/mol. The first-order valence-corrected chi connectivity index (χ1v) is 9.72. The van der Waals surface area contributed by atoms with Crippen LogP contribution in [0.5, 0.6) is 0 Å². The van der Waals surface area contributed by atoms with Crippen molar-refractivity contribution in [2.75, 3.05) is 39.8 Å². The molecule has 1 atom stereocenters. The molecule has 0 spiro atoms. The van der Waals surface area contributed by atoms with Crippen molar-refractivity contribution < 1.29 is 4.74 Å². The summed E-state index contributed by atoms with van der Waals surface area (Å²) in [5, 5.41) is 0. The Kier molecular flexibility index (Phi) is 5.97. The summed E-state index contributed by atoms with van der Waals surface area (Å²) in [6.07, 6.45) is 8.28. The zero-order chi connectivity index (χ0) is 16.2. The van der Waals surface area contributed by atoms with Gasteiger partial charge in [0.05, 0.1) is 11.9 Å². The van der Waals surface area contributed by atoms with Crippen LogP contribution in [0.4, 0.5) is 0 Å². The molecule has 132 valence electrons. The average molecular weight is 322 g/mol. The lowest BCUT2D eigenvalue weighted by molar-refractivity contribution is 0.0457. The van der Waals surface area contributed by atoms with Crippen LogP contribution in [-0.2, 0) is 4.74 Å². The topological polar surface area (TPSA) is 28.1 Å². The fourth-order valence-electron chi connectivity index (χ4n) is 4.64. The second-order valence-electron chi connectivity index (χ2n) is 7.94. The minimum Gasteiger partial charge on any atom is -0.381 e. The summed E-state index contributed by atoms with van der Waals surface area (Å²) < 4.78 is 5.51. The molecule has 0 radical (unpaired) electrons. The number of amidine groups is 1. The smallest absolute Gasteiger partial charge is 0.0990 e. The molecule has 3 aliphatic rings. The molecule has 4 heteroatoms. The quantitative estimate of drug-likeness (QED) is 0.800. The summed E-state index contributed by atoms with van der Waals surface area (Å²) >= 11 is 0. The molecule has 2 heterocycles. The van der Waals surface area contributed by atoms with Gasteiger partial charge < -0.3 is 9.64 Å². The SMILES string of the molecule is COC1CCC(C2CCC(N3CCN(C(C)C)CC3)=NC2)CC1. The second kappa shape index (κ2) is 7.98. The van der Waals surface area contributed by atoms with Gasteiger partial charge in [0.2, 0.25) is 0 Å². The number of hydrogen-bond donors (Lipinski definition) is 0.